The highest BCUT2D eigenvalue weighted by molar-refractivity contribution is 5.87. The van der Waals surface area contributed by atoms with Gasteiger partial charge in [-0.3, -0.25) is 0 Å². The first-order chi connectivity index (χ1) is 7.65. The zero-order valence-corrected chi connectivity index (χ0v) is 9.52. The van der Waals surface area contributed by atoms with Gasteiger partial charge in [0.25, 0.3) is 0 Å². The van der Waals surface area contributed by atoms with Gasteiger partial charge < -0.3 is 10.0 Å². The maximum absolute atomic E-state index is 10.8. The number of carbonyl (C=O) groups is 1. The molecule has 16 heavy (non-hydrogen) atoms. The van der Waals surface area contributed by atoms with Gasteiger partial charge in [0.2, 0.25) is 0 Å². The fraction of sp³-hybridized carbons (Fsp3) is 0.462. The molecule has 0 radical (unpaired) electrons. The average Bonchev–Trinajstić information content (AvgIpc) is 3.01. The largest absolute Gasteiger partial charge is 0.478 e. The van der Waals surface area contributed by atoms with Gasteiger partial charge in [-0.1, -0.05) is 12.1 Å². The lowest BCUT2D eigenvalue weighted by Crippen LogP contribution is -2.20. The van der Waals surface area contributed by atoms with Crippen LogP contribution in [-0.2, 0) is 6.54 Å². The van der Waals surface area contributed by atoms with Crippen molar-refractivity contribution >= 4 is 5.97 Å². The summed E-state index contributed by atoms with van der Waals surface area (Å²) >= 11 is 0. The molecule has 0 aromatic heterocycles. The molecule has 0 atom stereocenters. The highest BCUT2D eigenvalue weighted by Gasteiger charge is 2.22. The fourth-order valence-corrected chi connectivity index (χ4v) is 1.92. The van der Waals surface area contributed by atoms with Crippen molar-refractivity contribution in [2.45, 2.75) is 19.4 Å². The Labute approximate surface area is 95.7 Å². The Bertz CT molecular complexity index is 385. The van der Waals surface area contributed by atoms with E-state index in [1.54, 1.807) is 12.1 Å². The van der Waals surface area contributed by atoms with Crippen LogP contribution in [-0.4, -0.2) is 29.6 Å². The molecule has 1 fully saturated rings. The van der Waals surface area contributed by atoms with Crippen molar-refractivity contribution in [2.24, 2.45) is 5.92 Å². The van der Waals surface area contributed by atoms with Crippen molar-refractivity contribution in [1.29, 1.82) is 0 Å². The van der Waals surface area contributed by atoms with Gasteiger partial charge in [0.15, 0.2) is 0 Å². The molecule has 0 bridgehead atoms. The molecule has 1 aliphatic carbocycles. The number of hydrogen-bond donors (Lipinski definition) is 1. The van der Waals surface area contributed by atoms with Crippen LogP contribution in [0.3, 0.4) is 0 Å². The second kappa shape index (κ2) is 4.66. The Morgan fingerprint density at radius 3 is 2.88 bits per heavy atom. The predicted octanol–water partition coefficient (Wildman–Crippen LogP) is 2.23. The molecule has 3 heteroatoms. The molecule has 1 aliphatic rings. The van der Waals surface area contributed by atoms with Gasteiger partial charge in [0, 0.05) is 13.1 Å². The Hall–Kier alpha value is -1.35. The smallest absolute Gasteiger partial charge is 0.335 e. The second-order valence-corrected chi connectivity index (χ2v) is 4.65. The molecule has 3 nitrogen and oxygen atoms in total. The van der Waals surface area contributed by atoms with Gasteiger partial charge in [-0.25, -0.2) is 4.79 Å². The van der Waals surface area contributed by atoms with E-state index in [0.717, 1.165) is 24.6 Å². The fourth-order valence-electron chi connectivity index (χ4n) is 1.92. The minimum absolute atomic E-state index is 0.373. The lowest BCUT2D eigenvalue weighted by molar-refractivity contribution is 0.0696. The van der Waals surface area contributed by atoms with Crippen LogP contribution in [0.1, 0.15) is 28.8 Å². The van der Waals surface area contributed by atoms with Gasteiger partial charge in [-0.2, -0.15) is 0 Å². The van der Waals surface area contributed by atoms with E-state index >= 15 is 0 Å². The number of aromatic carboxylic acids is 1. The van der Waals surface area contributed by atoms with Crippen LogP contribution < -0.4 is 0 Å². The quantitative estimate of drug-likeness (QED) is 0.825. The van der Waals surface area contributed by atoms with Gasteiger partial charge in [0.05, 0.1) is 5.56 Å². The molecule has 0 heterocycles. The number of carboxylic acids is 1. The highest BCUT2D eigenvalue weighted by atomic mass is 16.4. The van der Waals surface area contributed by atoms with Crippen LogP contribution in [0.4, 0.5) is 0 Å². The van der Waals surface area contributed by atoms with Crippen LogP contribution in [0.2, 0.25) is 0 Å². The third-order valence-electron chi connectivity index (χ3n) is 2.89. The van der Waals surface area contributed by atoms with Crippen molar-refractivity contribution in [3.8, 4) is 0 Å². The number of carboxylic acid groups (broad SMARTS) is 1. The third-order valence-corrected chi connectivity index (χ3v) is 2.89. The first kappa shape index (κ1) is 11.1. The maximum atomic E-state index is 10.8. The molecule has 2 rings (SSSR count). The van der Waals surface area contributed by atoms with E-state index < -0.39 is 5.97 Å². The van der Waals surface area contributed by atoms with E-state index in [9.17, 15) is 4.79 Å². The number of nitrogens with zero attached hydrogens (tertiary/aromatic N) is 1. The topological polar surface area (TPSA) is 40.5 Å². The van der Waals surface area contributed by atoms with Crippen LogP contribution in [0.5, 0.6) is 0 Å². The first-order valence-corrected chi connectivity index (χ1v) is 5.66. The minimum atomic E-state index is -0.855. The van der Waals surface area contributed by atoms with Gasteiger partial charge in [-0.15, -0.1) is 0 Å². The number of hydrogen-bond acceptors (Lipinski definition) is 2. The molecular weight excluding hydrogens is 202 g/mol. The van der Waals surface area contributed by atoms with E-state index in [2.05, 4.69) is 11.9 Å². The summed E-state index contributed by atoms with van der Waals surface area (Å²) in [4.78, 5) is 13.1. The SMILES string of the molecule is CN(Cc1cccc(C(=O)O)c1)CC1CC1. The molecule has 0 saturated heterocycles. The zero-order chi connectivity index (χ0) is 11.5. The molecule has 1 aromatic rings. The molecule has 1 N–H and O–H groups in total. The normalized spacial score (nSPS) is 15.4. The molecule has 86 valence electrons. The molecular formula is C13H17NO2. The Morgan fingerprint density at radius 1 is 1.50 bits per heavy atom. The molecule has 0 amide bonds. The lowest BCUT2D eigenvalue weighted by atomic mass is 10.1. The standard InChI is InChI=1S/C13H17NO2/c1-14(8-10-5-6-10)9-11-3-2-4-12(7-11)13(15)16/h2-4,7,10H,5-6,8-9H2,1H3,(H,15,16). The van der Waals surface area contributed by atoms with Crippen LogP contribution >= 0.6 is 0 Å². The summed E-state index contributed by atoms with van der Waals surface area (Å²) in [6.45, 7) is 1.95. The molecule has 0 spiro atoms. The van der Waals surface area contributed by atoms with Crippen LogP contribution in [0.15, 0.2) is 24.3 Å². The Kier molecular flexibility index (Phi) is 3.25. The van der Waals surface area contributed by atoms with Crippen molar-refractivity contribution in [1.82, 2.24) is 4.90 Å². The number of rotatable bonds is 5. The summed E-state index contributed by atoms with van der Waals surface area (Å²) in [6, 6.07) is 7.18. The monoisotopic (exact) mass is 219 g/mol. The molecule has 0 aliphatic heterocycles. The van der Waals surface area contributed by atoms with E-state index in [1.807, 2.05) is 12.1 Å². The zero-order valence-electron chi connectivity index (χ0n) is 9.52. The molecule has 0 unspecified atom stereocenters. The summed E-state index contributed by atoms with van der Waals surface area (Å²) < 4.78 is 0. The summed E-state index contributed by atoms with van der Waals surface area (Å²) in [7, 11) is 2.09. The van der Waals surface area contributed by atoms with Gasteiger partial charge in [0.1, 0.15) is 0 Å². The summed E-state index contributed by atoms with van der Waals surface area (Å²) in [6.07, 6.45) is 2.69. The van der Waals surface area contributed by atoms with Crippen molar-refractivity contribution in [3.05, 3.63) is 35.4 Å². The van der Waals surface area contributed by atoms with E-state index in [1.165, 1.54) is 12.8 Å². The second-order valence-electron chi connectivity index (χ2n) is 4.65. The highest BCUT2D eigenvalue weighted by Crippen LogP contribution is 2.29. The van der Waals surface area contributed by atoms with Gasteiger partial charge >= 0.3 is 5.97 Å². The average molecular weight is 219 g/mol. The van der Waals surface area contributed by atoms with E-state index in [0.29, 0.717) is 5.56 Å². The lowest BCUT2D eigenvalue weighted by Gasteiger charge is -2.16. The van der Waals surface area contributed by atoms with Crippen molar-refractivity contribution in [2.75, 3.05) is 13.6 Å². The van der Waals surface area contributed by atoms with E-state index in [-0.39, 0.29) is 0 Å². The maximum Gasteiger partial charge on any atom is 0.335 e. The third kappa shape index (κ3) is 3.07. The van der Waals surface area contributed by atoms with Gasteiger partial charge in [-0.05, 0) is 43.5 Å². The van der Waals surface area contributed by atoms with Crippen molar-refractivity contribution in [3.63, 3.8) is 0 Å². The van der Waals surface area contributed by atoms with E-state index in [4.69, 9.17) is 5.11 Å². The number of benzene rings is 1. The minimum Gasteiger partial charge on any atom is -0.478 e. The first-order valence-electron chi connectivity index (χ1n) is 5.66. The Balaban J connectivity index is 1.96. The predicted molar refractivity (Wildman–Crippen MR) is 62.5 cm³/mol. The molecule has 1 saturated carbocycles. The Morgan fingerprint density at radius 2 is 2.25 bits per heavy atom. The molecule has 1 aromatic carbocycles. The van der Waals surface area contributed by atoms with Crippen molar-refractivity contribution < 1.29 is 9.90 Å². The summed E-state index contributed by atoms with van der Waals surface area (Å²) in [5.41, 5.74) is 1.44. The van der Waals surface area contributed by atoms with Crippen LogP contribution in [0, 0.1) is 5.92 Å². The summed E-state index contributed by atoms with van der Waals surface area (Å²) in [5, 5.41) is 8.89. The summed E-state index contributed by atoms with van der Waals surface area (Å²) in [5.74, 6) is 0.0133. The van der Waals surface area contributed by atoms with Crippen LogP contribution in [0.25, 0.3) is 0 Å².